The molecule has 4 rings (SSSR count). The fourth-order valence-electron chi connectivity index (χ4n) is 3.26. The molecule has 1 fully saturated rings. The summed E-state index contributed by atoms with van der Waals surface area (Å²) >= 11 is 1.72. The van der Waals surface area contributed by atoms with Gasteiger partial charge in [0.05, 0.1) is 11.6 Å². The van der Waals surface area contributed by atoms with Crippen molar-refractivity contribution in [2.24, 2.45) is 0 Å². The molecule has 1 atom stereocenters. The summed E-state index contributed by atoms with van der Waals surface area (Å²) in [5, 5.41) is 2.99. The van der Waals surface area contributed by atoms with Crippen molar-refractivity contribution in [2.75, 3.05) is 13.6 Å². The molecule has 1 aromatic carbocycles. The van der Waals surface area contributed by atoms with E-state index in [1.165, 1.54) is 4.88 Å². The zero-order chi connectivity index (χ0) is 16.0. The van der Waals surface area contributed by atoms with E-state index in [4.69, 9.17) is 0 Å². The first-order valence-electron chi connectivity index (χ1n) is 7.89. The van der Waals surface area contributed by atoms with E-state index in [2.05, 4.69) is 29.6 Å². The molecule has 0 radical (unpaired) electrons. The highest BCUT2D eigenvalue weighted by Gasteiger charge is 2.25. The zero-order valence-electron chi connectivity index (χ0n) is 13.0. The van der Waals surface area contributed by atoms with E-state index in [0.717, 1.165) is 41.0 Å². The van der Waals surface area contributed by atoms with Gasteiger partial charge < -0.3 is 10.2 Å². The Hall–Kier alpha value is -2.14. The number of rotatable bonds is 2. The van der Waals surface area contributed by atoms with E-state index < -0.39 is 0 Å². The smallest absolute Gasteiger partial charge is 0.254 e. The Labute approximate surface area is 139 Å². The first-order chi connectivity index (χ1) is 11.1. The van der Waals surface area contributed by atoms with E-state index in [9.17, 15) is 9.59 Å². The van der Waals surface area contributed by atoms with Gasteiger partial charge in [-0.25, -0.2) is 0 Å². The van der Waals surface area contributed by atoms with Crippen molar-refractivity contribution >= 4 is 23.2 Å². The third-order valence-electron chi connectivity index (χ3n) is 4.65. The summed E-state index contributed by atoms with van der Waals surface area (Å²) in [7, 11) is 1.85. The van der Waals surface area contributed by atoms with Crippen LogP contribution in [0.15, 0.2) is 30.3 Å². The fraction of sp³-hybridized carbons (Fsp3) is 0.333. The summed E-state index contributed by atoms with van der Waals surface area (Å²) in [5.74, 6) is 0.256. The fourth-order valence-corrected chi connectivity index (χ4v) is 4.40. The van der Waals surface area contributed by atoms with E-state index >= 15 is 0 Å². The molecule has 1 N–H and O–H groups in total. The maximum atomic E-state index is 12.2. The van der Waals surface area contributed by atoms with Crippen LogP contribution < -0.4 is 5.32 Å². The lowest BCUT2D eigenvalue weighted by Gasteiger charge is -2.21. The third kappa shape index (κ3) is 2.55. The van der Waals surface area contributed by atoms with Gasteiger partial charge in [-0.2, -0.15) is 0 Å². The van der Waals surface area contributed by atoms with Crippen molar-refractivity contribution in [1.82, 2.24) is 10.2 Å². The molecule has 0 bridgehead atoms. The van der Waals surface area contributed by atoms with Gasteiger partial charge in [-0.05, 0) is 23.6 Å². The highest BCUT2D eigenvalue weighted by atomic mass is 32.1. The molecule has 4 nitrogen and oxygen atoms in total. The van der Waals surface area contributed by atoms with Crippen LogP contribution in [0, 0.1) is 0 Å². The van der Waals surface area contributed by atoms with Crippen LogP contribution >= 0.6 is 11.3 Å². The van der Waals surface area contributed by atoms with Crippen LogP contribution in [0.1, 0.15) is 39.7 Å². The van der Waals surface area contributed by atoms with Gasteiger partial charge in [0.1, 0.15) is 0 Å². The van der Waals surface area contributed by atoms with Crippen LogP contribution in [0.4, 0.5) is 0 Å². The number of carbonyl (C=O) groups excluding carboxylic acids is 2. The Balaban J connectivity index is 1.60. The standard InChI is InChI=1S/C18H18N2O2S/c1-20-9-8-15-13(18(20)22)10-16(23-15)12-4-2-11(3-5-12)14-6-7-17(21)19-14/h2-5,10,14H,6-9H2,1H3,(H,19,21). The van der Waals surface area contributed by atoms with Crippen molar-refractivity contribution < 1.29 is 9.59 Å². The number of nitrogens with zero attached hydrogens (tertiary/aromatic N) is 1. The average molecular weight is 326 g/mol. The van der Waals surface area contributed by atoms with E-state index in [0.29, 0.717) is 6.42 Å². The van der Waals surface area contributed by atoms with Crippen molar-refractivity contribution in [1.29, 1.82) is 0 Å². The number of thiophene rings is 1. The summed E-state index contributed by atoms with van der Waals surface area (Å²) in [6.07, 6.45) is 2.42. The third-order valence-corrected chi connectivity index (χ3v) is 5.90. The number of fused-ring (bicyclic) bond motifs is 1. The summed E-state index contributed by atoms with van der Waals surface area (Å²) in [4.78, 5) is 27.7. The van der Waals surface area contributed by atoms with E-state index in [1.54, 1.807) is 16.2 Å². The Morgan fingerprint density at radius 3 is 2.65 bits per heavy atom. The number of hydrogen-bond acceptors (Lipinski definition) is 3. The second-order valence-electron chi connectivity index (χ2n) is 6.20. The van der Waals surface area contributed by atoms with Crippen molar-refractivity contribution in [3.05, 3.63) is 46.3 Å². The van der Waals surface area contributed by atoms with Gasteiger partial charge in [-0.15, -0.1) is 11.3 Å². The van der Waals surface area contributed by atoms with Gasteiger partial charge in [0.2, 0.25) is 5.91 Å². The van der Waals surface area contributed by atoms with E-state index in [1.807, 2.05) is 13.1 Å². The lowest BCUT2D eigenvalue weighted by atomic mass is 10.0. The zero-order valence-corrected chi connectivity index (χ0v) is 13.8. The van der Waals surface area contributed by atoms with E-state index in [-0.39, 0.29) is 17.9 Å². The highest BCUT2D eigenvalue weighted by Crippen LogP contribution is 2.35. The van der Waals surface area contributed by atoms with Gasteiger partial charge in [0, 0.05) is 36.2 Å². The number of nitrogens with one attached hydrogen (secondary N) is 1. The number of carbonyl (C=O) groups is 2. The molecule has 0 saturated carbocycles. The number of benzene rings is 1. The predicted molar refractivity (Wildman–Crippen MR) is 90.5 cm³/mol. The second kappa shape index (κ2) is 5.49. The van der Waals surface area contributed by atoms with Gasteiger partial charge in [-0.1, -0.05) is 24.3 Å². The molecule has 3 heterocycles. The SMILES string of the molecule is CN1CCc2sc(-c3ccc(C4CCC(=O)N4)cc3)cc2C1=O. The maximum absolute atomic E-state index is 12.2. The summed E-state index contributed by atoms with van der Waals surface area (Å²) in [5.41, 5.74) is 3.13. The normalized spacial score (nSPS) is 20.6. The first kappa shape index (κ1) is 14.5. The molecular formula is C18H18N2O2S. The van der Waals surface area contributed by atoms with Crippen LogP contribution in [-0.4, -0.2) is 30.3 Å². The molecule has 5 heteroatoms. The van der Waals surface area contributed by atoms with Crippen LogP contribution in [-0.2, 0) is 11.2 Å². The van der Waals surface area contributed by atoms with Gasteiger partial charge >= 0.3 is 0 Å². The monoisotopic (exact) mass is 326 g/mol. The molecule has 118 valence electrons. The lowest BCUT2D eigenvalue weighted by Crippen LogP contribution is -2.32. The molecule has 2 aromatic rings. The van der Waals surface area contributed by atoms with Gasteiger partial charge in [0.15, 0.2) is 0 Å². The molecule has 1 saturated heterocycles. The summed E-state index contributed by atoms with van der Waals surface area (Å²) in [6, 6.07) is 10.5. The molecule has 2 aliphatic heterocycles. The highest BCUT2D eigenvalue weighted by molar-refractivity contribution is 7.15. The second-order valence-corrected chi connectivity index (χ2v) is 7.34. The predicted octanol–water partition coefficient (Wildman–Crippen LogP) is 2.99. The minimum atomic E-state index is 0.124. The van der Waals surface area contributed by atoms with Crippen LogP contribution in [0.3, 0.4) is 0 Å². The van der Waals surface area contributed by atoms with Gasteiger partial charge in [-0.3, -0.25) is 9.59 Å². The van der Waals surface area contributed by atoms with Crippen LogP contribution in [0.2, 0.25) is 0 Å². The van der Waals surface area contributed by atoms with Crippen molar-refractivity contribution in [3.63, 3.8) is 0 Å². The number of hydrogen-bond donors (Lipinski definition) is 1. The summed E-state index contributed by atoms with van der Waals surface area (Å²) in [6.45, 7) is 0.798. The topological polar surface area (TPSA) is 49.4 Å². The quantitative estimate of drug-likeness (QED) is 0.922. The molecular weight excluding hydrogens is 308 g/mol. The maximum Gasteiger partial charge on any atom is 0.254 e. The number of likely N-dealkylation sites (N-methyl/N-ethyl adjacent to an activating group) is 1. The molecule has 2 aliphatic rings. The molecule has 2 amide bonds. The molecule has 23 heavy (non-hydrogen) atoms. The average Bonchev–Trinajstić information content (AvgIpc) is 3.18. The van der Waals surface area contributed by atoms with Crippen LogP contribution in [0.5, 0.6) is 0 Å². The van der Waals surface area contributed by atoms with Crippen molar-refractivity contribution in [2.45, 2.75) is 25.3 Å². The van der Waals surface area contributed by atoms with Crippen LogP contribution in [0.25, 0.3) is 10.4 Å². The molecule has 1 aromatic heterocycles. The number of amides is 2. The van der Waals surface area contributed by atoms with Crippen molar-refractivity contribution in [3.8, 4) is 10.4 Å². The first-order valence-corrected chi connectivity index (χ1v) is 8.71. The molecule has 0 spiro atoms. The van der Waals surface area contributed by atoms with Gasteiger partial charge in [0.25, 0.3) is 5.91 Å². The molecule has 0 aliphatic carbocycles. The lowest BCUT2D eigenvalue weighted by molar-refractivity contribution is -0.119. The Morgan fingerprint density at radius 1 is 1.17 bits per heavy atom. The summed E-state index contributed by atoms with van der Waals surface area (Å²) < 4.78 is 0. The minimum Gasteiger partial charge on any atom is -0.349 e. The Morgan fingerprint density at radius 2 is 1.96 bits per heavy atom. The Kier molecular flexibility index (Phi) is 3.45. The minimum absolute atomic E-state index is 0.124. The Bertz CT molecular complexity index is 779. The molecule has 1 unspecified atom stereocenters. The largest absolute Gasteiger partial charge is 0.349 e.